The van der Waals surface area contributed by atoms with Gasteiger partial charge in [-0.15, -0.1) is 0 Å². The van der Waals surface area contributed by atoms with Crippen LogP contribution < -0.4 is 17.0 Å². The Bertz CT molecular complexity index is 244. The topological polar surface area (TPSA) is 18.5 Å². The Labute approximate surface area is 131 Å². The molecule has 0 saturated carbocycles. The zero-order valence-electron chi connectivity index (χ0n) is 10.4. The molecule has 0 fully saturated rings. The van der Waals surface area contributed by atoms with E-state index in [1.165, 1.54) is 5.56 Å². The van der Waals surface area contributed by atoms with Crippen LogP contribution in [0.2, 0.25) is 0 Å². The largest absolute Gasteiger partial charge is 2.00 e. The SMILES string of the molecule is C[CH-]CCCOCOCc1ccccc1.[Br-].[Mg+2]. The monoisotopic (exact) mass is 310 g/mol. The fraction of sp³-hybridized carbons (Fsp3) is 0.462. The standard InChI is InChI=1S/C13H19O2.BrH.Mg/c1-2-3-7-10-14-12-15-11-13-8-5-4-6-9-13;;/h2,4-6,8-9H,3,7,10-12H2,1H3;1H;/q-1;;+2/p-1. The molecule has 2 nitrogen and oxygen atoms in total. The number of benzene rings is 1. The summed E-state index contributed by atoms with van der Waals surface area (Å²) < 4.78 is 10.7. The molecule has 0 saturated heterocycles. The van der Waals surface area contributed by atoms with Gasteiger partial charge in [0.15, 0.2) is 0 Å². The molecule has 4 heteroatoms. The van der Waals surface area contributed by atoms with Crippen molar-refractivity contribution in [3.63, 3.8) is 0 Å². The summed E-state index contributed by atoms with van der Waals surface area (Å²) in [7, 11) is 0. The molecule has 0 spiro atoms. The number of halogens is 1. The van der Waals surface area contributed by atoms with Crippen molar-refractivity contribution in [3.8, 4) is 0 Å². The summed E-state index contributed by atoms with van der Waals surface area (Å²) in [6.45, 7) is 3.85. The summed E-state index contributed by atoms with van der Waals surface area (Å²) in [6, 6.07) is 10.1. The van der Waals surface area contributed by atoms with Crippen LogP contribution in [0.25, 0.3) is 0 Å². The molecule has 1 aromatic rings. The number of hydrogen-bond donors (Lipinski definition) is 0. The molecule has 0 aliphatic carbocycles. The van der Waals surface area contributed by atoms with Crippen LogP contribution in [0.4, 0.5) is 0 Å². The maximum Gasteiger partial charge on any atom is 2.00 e. The second-order valence-electron chi connectivity index (χ2n) is 3.41. The van der Waals surface area contributed by atoms with Crippen LogP contribution in [0, 0.1) is 6.42 Å². The molecule has 17 heavy (non-hydrogen) atoms. The first-order chi connectivity index (χ1) is 7.43. The number of ether oxygens (including phenoxy) is 2. The Morgan fingerprint density at radius 3 is 2.47 bits per heavy atom. The van der Waals surface area contributed by atoms with Gasteiger partial charge in [-0.1, -0.05) is 36.8 Å². The molecule has 1 aromatic carbocycles. The quantitative estimate of drug-likeness (QED) is 0.287. The van der Waals surface area contributed by atoms with Gasteiger partial charge < -0.3 is 32.9 Å². The van der Waals surface area contributed by atoms with Crippen LogP contribution in [-0.4, -0.2) is 36.5 Å². The van der Waals surface area contributed by atoms with Crippen molar-refractivity contribution >= 4 is 23.1 Å². The maximum atomic E-state index is 5.37. The Morgan fingerprint density at radius 1 is 1.12 bits per heavy atom. The zero-order valence-corrected chi connectivity index (χ0v) is 13.4. The molecular formula is C13H19BrMgO2. The maximum absolute atomic E-state index is 5.37. The molecule has 0 radical (unpaired) electrons. The second-order valence-corrected chi connectivity index (χ2v) is 3.41. The Balaban J connectivity index is 0. The summed E-state index contributed by atoms with van der Waals surface area (Å²) in [5, 5.41) is 0. The van der Waals surface area contributed by atoms with E-state index in [9.17, 15) is 0 Å². The molecule has 0 aliphatic heterocycles. The molecule has 0 N–H and O–H groups in total. The van der Waals surface area contributed by atoms with Crippen LogP contribution >= 0.6 is 0 Å². The van der Waals surface area contributed by atoms with Gasteiger partial charge in [0.1, 0.15) is 6.79 Å². The first-order valence-electron chi connectivity index (χ1n) is 5.40. The predicted octanol–water partition coefficient (Wildman–Crippen LogP) is -0.195. The van der Waals surface area contributed by atoms with Gasteiger partial charge in [-0.2, -0.15) is 13.3 Å². The third-order valence-corrected chi connectivity index (χ3v) is 2.06. The van der Waals surface area contributed by atoms with Gasteiger partial charge in [-0.3, -0.25) is 0 Å². The Morgan fingerprint density at radius 2 is 1.82 bits per heavy atom. The van der Waals surface area contributed by atoms with Crippen molar-refractivity contribution in [2.24, 2.45) is 0 Å². The van der Waals surface area contributed by atoms with Crippen LogP contribution in [0.1, 0.15) is 25.3 Å². The van der Waals surface area contributed by atoms with E-state index in [0.29, 0.717) is 13.4 Å². The van der Waals surface area contributed by atoms with Crippen LogP contribution in [0.3, 0.4) is 0 Å². The van der Waals surface area contributed by atoms with Crippen molar-refractivity contribution in [3.05, 3.63) is 42.3 Å². The van der Waals surface area contributed by atoms with E-state index in [1.807, 2.05) is 30.3 Å². The van der Waals surface area contributed by atoms with Gasteiger partial charge in [0.2, 0.25) is 0 Å². The van der Waals surface area contributed by atoms with E-state index in [2.05, 4.69) is 13.3 Å². The van der Waals surface area contributed by atoms with E-state index < -0.39 is 0 Å². The first kappa shape index (κ1) is 19.7. The van der Waals surface area contributed by atoms with Crippen molar-refractivity contribution in [1.82, 2.24) is 0 Å². The van der Waals surface area contributed by atoms with E-state index in [1.54, 1.807) is 0 Å². The van der Waals surface area contributed by atoms with Gasteiger partial charge in [0.05, 0.1) is 6.61 Å². The van der Waals surface area contributed by atoms with Gasteiger partial charge in [0.25, 0.3) is 0 Å². The summed E-state index contributed by atoms with van der Waals surface area (Å²) in [5.74, 6) is 0. The van der Waals surface area contributed by atoms with E-state index in [0.717, 1.165) is 19.4 Å². The summed E-state index contributed by atoms with van der Waals surface area (Å²) >= 11 is 0. The second kappa shape index (κ2) is 14.4. The molecule has 0 aliphatic rings. The zero-order chi connectivity index (χ0) is 10.8. The first-order valence-corrected chi connectivity index (χ1v) is 5.40. The van der Waals surface area contributed by atoms with Crippen molar-refractivity contribution < 1.29 is 26.5 Å². The summed E-state index contributed by atoms with van der Waals surface area (Å²) in [6.07, 6.45) is 4.33. The number of hydrogen-bond acceptors (Lipinski definition) is 2. The molecule has 0 unspecified atom stereocenters. The third-order valence-electron chi connectivity index (χ3n) is 2.06. The molecule has 92 valence electrons. The van der Waals surface area contributed by atoms with Gasteiger partial charge in [-0.25, -0.2) is 0 Å². The summed E-state index contributed by atoms with van der Waals surface area (Å²) in [5.41, 5.74) is 1.18. The molecule has 0 bridgehead atoms. The molecule has 1 rings (SSSR count). The predicted molar refractivity (Wildman–Crippen MR) is 67.0 cm³/mol. The Hall–Kier alpha value is 0.386. The molecule has 0 atom stereocenters. The average Bonchev–Trinajstić information content (AvgIpc) is 2.29. The van der Waals surface area contributed by atoms with Gasteiger partial charge in [0, 0.05) is 6.61 Å². The van der Waals surface area contributed by atoms with Crippen molar-refractivity contribution in [2.45, 2.75) is 26.4 Å². The normalized spacial score (nSPS) is 9.24. The minimum Gasteiger partial charge on any atom is -1.00 e. The minimum atomic E-state index is 0. The molecule has 0 aromatic heterocycles. The van der Waals surface area contributed by atoms with Gasteiger partial charge in [-0.05, 0) is 5.56 Å². The van der Waals surface area contributed by atoms with E-state index in [4.69, 9.17) is 9.47 Å². The molecule has 0 heterocycles. The fourth-order valence-corrected chi connectivity index (χ4v) is 1.24. The smallest absolute Gasteiger partial charge is 1.00 e. The third kappa shape index (κ3) is 11.2. The van der Waals surface area contributed by atoms with Crippen LogP contribution in [0.5, 0.6) is 0 Å². The number of unbranched alkanes of at least 4 members (excludes halogenated alkanes) is 2. The van der Waals surface area contributed by atoms with Gasteiger partial charge >= 0.3 is 23.1 Å². The Kier molecular flexibility index (Phi) is 16.8. The molecule has 0 amide bonds. The minimum absolute atomic E-state index is 0. The average molecular weight is 312 g/mol. The van der Waals surface area contributed by atoms with Crippen molar-refractivity contribution in [1.29, 1.82) is 0 Å². The van der Waals surface area contributed by atoms with E-state index >= 15 is 0 Å². The molecular weight excluding hydrogens is 292 g/mol. The van der Waals surface area contributed by atoms with E-state index in [-0.39, 0.29) is 40.0 Å². The summed E-state index contributed by atoms with van der Waals surface area (Å²) in [4.78, 5) is 0. The fourth-order valence-electron chi connectivity index (χ4n) is 1.24. The number of rotatable bonds is 8. The van der Waals surface area contributed by atoms with Crippen LogP contribution in [-0.2, 0) is 16.1 Å². The van der Waals surface area contributed by atoms with Crippen molar-refractivity contribution in [2.75, 3.05) is 13.4 Å². The van der Waals surface area contributed by atoms with Crippen LogP contribution in [0.15, 0.2) is 30.3 Å².